The van der Waals surface area contributed by atoms with Crippen molar-refractivity contribution in [3.8, 4) is 11.5 Å². The van der Waals surface area contributed by atoms with Crippen molar-refractivity contribution in [1.82, 2.24) is 15.1 Å². The first-order valence-electron chi connectivity index (χ1n) is 13.9. The summed E-state index contributed by atoms with van der Waals surface area (Å²) in [6.07, 6.45) is 0.143. The Morgan fingerprint density at radius 2 is 1.83 bits per heavy atom. The molecule has 3 aliphatic rings. The van der Waals surface area contributed by atoms with Crippen molar-refractivity contribution >= 4 is 28.8 Å². The van der Waals surface area contributed by atoms with Crippen molar-refractivity contribution < 1.29 is 28.5 Å². The van der Waals surface area contributed by atoms with Gasteiger partial charge in [-0.3, -0.25) is 9.69 Å². The third-order valence-corrected chi connectivity index (χ3v) is 8.24. The van der Waals surface area contributed by atoms with Gasteiger partial charge in [0.25, 0.3) is 0 Å². The molecule has 1 saturated heterocycles. The number of thioether (sulfide) groups is 1. The van der Waals surface area contributed by atoms with Crippen LogP contribution in [0.5, 0.6) is 11.5 Å². The Kier molecular flexibility index (Phi) is 9.83. The van der Waals surface area contributed by atoms with Crippen LogP contribution in [0.15, 0.2) is 75.9 Å². The fourth-order valence-electron chi connectivity index (χ4n) is 5.18. The van der Waals surface area contributed by atoms with E-state index >= 15 is 0 Å². The Bertz CT molecular complexity index is 1390. The topological polar surface area (TPSA) is 102 Å². The predicted molar refractivity (Wildman–Crippen MR) is 161 cm³/mol. The molecule has 0 aromatic heterocycles. The van der Waals surface area contributed by atoms with Crippen molar-refractivity contribution in [1.29, 1.82) is 0 Å². The second kappa shape index (κ2) is 13.9. The Morgan fingerprint density at radius 1 is 1.07 bits per heavy atom. The van der Waals surface area contributed by atoms with E-state index in [0.29, 0.717) is 34.5 Å². The number of fused-ring (bicyclic) bond motifs is 1. The molecule has 1 amide bonds. The number of hydrogen-bond donors (Lipinski definition) is 1. The Labute approximate surface area is 250 Å². The predicted octanol–water partition coefficient (Wildman–Crippen LogP) is 3.86. The average Bonchev–Trinajstić information content (AvgIpc) is 3.41. The second-order valence-electron chi connectivity index (χ2n) is 10.0. The molecular formula is C31H36N4O6S. The number of esters is 1. The number of methoxy groups -OCH3 is 2. The summed E-state index contributed by atoms with van der Waals surface area (Å²) in [4.78, 5) is 35.8. The van der Waals surface area contributed by atoms with E-state index in [1.165, 1.54) is 11.8 Å². The van der Waals surface area contributed by atoms with E-state index in [0.717, 1.165) is 49.7 Å². The van der Waals surface area contributed by atoms with Crippen LogP contribution in [0.2, 0.25) is 0 Å². The lowest BCUT2D eigenvalue weighted by Gasteiger charge is -2.36. The zero-order valence-electron chi connectivity index (χ0n) is 24.1. The van der Waals surface area contributed by atoms with Crippen LogP contribution in [0, 0.1) is 0 Å². The number of aliphatic imine (C=N–C) groups is 1. The largest absolute Gasteiger partial charge is 0.493 e. The van der Waals surface area contributed by atoms with Crippen LogP contribution in [0.25, 0.3) is 0 Å². The van der Waals surface area contributed by atoms with Gasteiger partial charge in [0.1, 0.15) is 6.61 Å². The number of carbonyl (C=O) groups excluding carboxylic acids is 2. The molecule has 42 heavy (non-hydrogen) atoms. The van der Waals surface area contributed by atoms with Gasteiger partial charge in [-0.05, 0) is 35.6 Å². The zero-order valence-corrected chi connectivity index (χ0v) is 24.9. The highest BCUT2D eigenvalue weighted by atomic mass is 32.2. The number of nitrogens with one attached hydrogen (secondary N) is 1. The SMILES string of the molecule is COc1ccc(C2C(C(=O)OCc3ccccc3)=C(C)N=C3SC=C(CC(=O)NCCN4CCOCC4)N32)cc1OC. The van der Waals surface area contributed by atoms with Gasteiger partial charge in [0.15, 0.2) is 16.7 Å². The number of amidine groups is 1. The van der Waals surface area contributed by atoms with Gasteiger partial charge in [-0.1, -0.05) is 48.2 Å². The number of nitrogens with zero attached hydrogens (tertiary/aromatic N) is 3. The van der Waals surface area contributed by atoms with Crippen molar-refractivity contribution in [3.63, 3.8) is 0 Å². The molecule has 10 nitrogen and oxygen atoms in total. The number of ether oxygens (including phenoxy) is 4. The minimum absolute atomic E-state index is 0.0955. The van der Waals surface area contributed by atoms with Gasteiger partial charge in [0.05, 0.1) is 51.2 Å². The van der Waals surface area contributed by atoms with Gasteiger partial charge >= 0.3 is 5.97 Å². The number of carbonyl (C=O) groups is 2. The molecule has 3 aliphatic heterocycles. The second-order valence-corrected chi connectivity index (χ2v) is 10.9. The van der Waals surface area contributed by atoms with E-state index in [-0.39, 0.29) is 18.9 Å². The van der Waals surface area contributed by atoms with Gasteiger partial charge in [-0.25, -0.2) is 9.79 Å². The maximum Gasteiger partial charge on any atom is 0.338 e. The van der Waals surface area contributed by atoms with E-state index in [2.05, 4.69) is 10.2 Å². The Balaban J connectivity index is 1.39. The lowest BCUT2D eigenvalue weighted by atomic mass is 9.93. The summed E-state index contributed by atoms with van der Waals surface area (Å²) in [6, 6.07) is 14.5. The fraction of sp³-hybridized carbons (Fsp3) is 0.387. The van der Waals surface area contributed by atoms with E-state index in [4.69, 9.17) is 23.9 Å². The van der Waals surface area contributed by atoms with Crippen LogP contribution >= 0.6 is 11.8 Å². The molecule has 5 rings (SSSR count). The number of morpholine rings is 1. The number of allylic oxidation sites excluding steroid dienone is 1. The van der Waals surface area contributed by atoms with Gasteiger partial charge in [-0.2, -0.15) is 0 Å². The molecule has 0 bridgehead atoms. The summed E-state index contributed by atoms with van der Waals surface area (Å²) in [5.41, 5.74) is 3.40. The molecule has 1 fully saturated rings. The molecule has 0 saturated carbocycles. The van der Waals surface area contributed by atoms with Crippen LogP contribution in [0.1, 0.15) is 30.5 Å². The molecule has 0 aliphatic carbocycles. The van der Waals surface area contributed by atoms with Gasteiger partial charge in [-0.15, -0.1) is 0 Å². The summed E-state index contributed by atoms with van der Waals surface area (Å²) in [5, 5.41) is 5.67. The smallest absolute Gasteiger partial charge is 0.338 e. The third kappa shape index (κ3) is 6.80. The Morgan fingerprint density at radius 3 is 2.57 bits per heavy atom. The first-order chi connectivity index (χ1) is 20.5. The summed E-state index contributed by atoms with van der Waals surface area (Å²) in [6.45, 7) is 6.44. The molecular weight excluding hydrogens is 556 g/mol. The number of benzene rings is 2. The molecule has 0 radical (unpaired) electrons. The summed E-state index contributed by atoms with van der Waals surface area (Å²) < 4.78 is 22.3. The zero-order chi connectivity index (χ0) is 29.5. The molecule has 11 heteroatoms. The lowest BCUT2D eigenvalue weighted by molar-refractivity contribution is -0.141. The quantitative estimate of drug-likeness (QED) is 0.390. The molecule has 2 aromatic rings. The van der Waals surface area contributed by atoms with Crippen LogP contribution in [0.4, 0.5) is 0 Å². The van der Waals surface area contributed by atoms with Crippen LogP contribution in [-0.4, -0.2) is 80.5 Å². The lowest BCUT2D eigenvalue weighted by Crippen LogP contribution is -2.42. The van der Waals surface area contributed by atoms with Crippen molar-refractivity contribution in [2.24, 2.45) is 4.99 Å². The first-order valence-corrected chi connectivity index (χ1v) is 14.8. The monoisotopic (exact) mass is 592 g/mol. The normalized spacial score (nSPS) is 18.6. The molecule has 1 N–H and O–H groups in total. The third-order valence-electron chi connectivity index (χ3n) is 7.35. The maximum absolute atomic E-state index is 13.7. The van der Waals surface area contributed by atoms with Crippen molar-refractivity contribution in [3.05, 3.63) is 82.0 Å². The summed E-state index contributed by atoms with van der Waals surface area (Å²) >= 11 is 1.44. The highest BCUT2D eigenvalue weighted by molar-refractivity contribution is 8.16. The highest BCUT2D eigenvalue weighted by Crippen LogP contribution is 2.46. The minimum atomic E-state index is -0.581. The standard InChI is InChI=1S/C31H36N4O6S/c1-21-28(30(37)41-19-22-7-5-4-6-8-22)29(23-9-10-25(38-2)26(17-23)39-3)35-24(20-42-31(35)33-21)18-27(36)32-11-12-34-13-15-40-16-14-34/h4-10,17,20,29H,11-16,18-19H2,1-3H3,(H,32,36). The fourth-order valence-corrected chi connectivity index (χ4v) is 6.14. The molecule has 2 aromatic carbocycles. The summed E-state index contributed by atoms with van der Waals surface area (Å²) in [5.74, 6) is 0.546. The van der Waals surface area contributed by atoms with E-state index < -0.39 is 12.0 Å². The van der Waals surface area contributed by atoms with Crippen LogP contribution in [-0.2, 0) is 25.7 Å². The summed E-state index contributed by atoms with van der Waals surface area (Å²) in [7, 11) is 3.15. The van der Waals surface area contributed by atoms with Crippen LogP contribution in [0.3, 0.4) is 0 Å². The minimum Gasteiger partial charge on any atom is -0.493 e. The van der Waals surface area contributed by atoms with E-state index in [1.54, 1.807) is 14.2 Å². The average molecular weight is 593 g/mol. The van der Waals surface area contributed by atoms with E-state index in [9.17, 15) is 9.59 Å². The molecule has 0 spiro atoms. The van der Waals surface area contributed by atoms with Gasteiger partial charge < -0.3 is 29.2 Å². The molecule has 222 valence electrons. The Hall–Kier alpha value is -3.80. The number of hydrogen-bond acceptors (Lipinski definition) is 10. The number of rotatable bonds is 11. The van der Waals surface area contributed by atoms with E-state index in [1.807, 2.05) is 65.8 Å². The molecule has 1 atom stereocenters. The van der Waals surface area contributed by atoms with Crippen molar-refractivity contribution in [2.75, 3.05) is 53.6 Å². The van der Waals surface area contributed by atoms with Gasteiger partial charge in [0, 0.05) is 31.9 Å². The molecule has 1 unspecified atom stereocenters. The molecule has 3 heterocycles. The van der Waals surface area contributed by atoms with Gasteiger partial charge in [0.2, 0.25) is 5.91 Å². The van der Waals surface area contributed by atoms with Crippen LogP contribution < -0.4 is 14.8 Å². The maximum atomic E-state index is 13.7. The first kappa shape index (κ1) is 29.7. The number of amides is 1. The van der Waals surface area contributed by atoms with Crippen molar-refractivity contribution in [2.45, 2.75) is 26.0 Å². The highest BCUT2D eigenvalue weighted by Gasteiger charge is 2.41.